The quantitative estimate of drug-likeness (QED) is 0.766. The zero-order chi connectivity index (χ0) is 12.0. The first-order valence-electron chi connectivity index (χ1n) is 5.44. The molecule has 0 amide bonds. The van der Waals surface area contributed by atoms with E-state index in [4.69, 9.17) is 5.73 Å². The Hall–Kier alpha value is -1.10. The fourth-order valence-corrected chi connectivity index (χ4v) is 2.36. The number of nitrogen functional groups attached to an aromatic ring is 1. The van der Waals surface area contributed by atoms with Crippen molar-refractivity contribution < 1.29 is 8.42 Å². The van der Waals surface area contributed by atoms with Crippen LogP contribution in [0.3, 0.4) is 0 Å². The normalized spacial score (nSPS) is 11.6. The lowest BCUT2D eigenvalue weighted by Crippen LogP contribution is -2.08. The molecule has 4 nitrogen and oxygen atoms in total. The number of anilines is 1. The topological polar surface area (TPSA) is 73.0 Å². The fraction of sp³-hybridized carbons (Fsp3) is 0.545. The van der Waals surface area contributed by atoms with Crippen LogP contribution in [-0.2, 0) is 16.3 Å². The van der Waals surface area contributed by atoms with Crippen molar-refractivity contribution in [1.29, 1.82) is 0 Å². The van der Waals surface area contributed by atoms with Gasteiger partial charge < -0.3 is 5.73 Å². The van der Waals surface area contributed by atoms with Crippen LogP contribution in [0.1, 0.15) is 25.3 Å². The van der Waals surface area contributed by atoms with Gasteiger partial charge in [-0.2, -0.15) is 0 Å². The van der Waals surface area contributed by atoms with E-state index < -0.39 is 9.84 Å². The summed E-state index contributed by atoms with van der Waals surface area (Å²) in [5.41, 5.74) is 7.48. The maximum absolute atomic E-state index is 11.2. The minimum absolute atomic E-state index is 0.224. The Morgan fingerprint density at radius 2 is 2.12 bits per heavy atom. The molecule has 0 saturated heterocycles. The zero-order valence-corrected chi connectivity index (χ0v) is 10.3. The zero-order valence-electron chi connectivity index (χ0n) is 9.52. The molecule has 90 valence electrons. The third kappa shape index (κ3) is 4.18. The summed E-state index contributed by atoms with van der Waals surface area (Å²) in [6, 6.07) is 1.76. The van der Waals surface area contributed by atoms with Gasteiger partial charge in [-0.05, 0) is 30.9 Å². The number of hydrogen-bond donors (Lipinski definition) is 1. The molecular weight excluding hydrogens is 224 g/mol. The van der Waals surface area contributed by atoms with Gasteiger partial charge in [0, 0.05) is 23.8 Å². The summed E-state index contributed by atoms with van der Waals surface area (Å²) < 4.78 is 22.5. The van der Waals surface area contributed by atoms with Crippen LogP contribution in [0.5, 0.6) is 0 Å². The summed E-state index contributed by atoms with van der Waals surface area (Å²) in [6.45, 7) is 1.68. The minimum Gasteiger partial charge on any atom is -0.398 e. The van der Waals surface area contributed by atoms with E-state index in [1.165, 1.54) is 0 Å². The molecule has 0 aliphatic heterocycles. The Morgan fingerprint density at radius 1 is 1.38 bits per heavy atom. The highest BCUT2D eigenvalue weighted by atomic mass is 32.2. The average molecular weight is 242 g/mol. The van der Waals surface area contributed by atoms with E-state index in [0.717, 1.165) is 24.1 Å². The van der Waals surface area contributed by atoms with Crippen molar-refractivity contribution in [2.45, 2.75) is 26.2 Å². The molecule has 0 fully saturated rings. The minimum atomic E-state index is -2.83. The summed E-state index contributed by atoms with van der Waals surface area (Å²) in [5, 5.41) is 0. The van der Waals surface area contributed by atoms with Gasteiger partial charge in [-0.3, -0.25) is 4.98 Å². The first-order chi connectivity index (χ1) is 7.55. The van der Waals surface area contributed by atoms with E-state index in [2.05, 4.69) is 4.98 Å². The lowest BCUT2D eigenvalue weighted by molar-refractivity contribution is 0.592. The largest absolute Gasteiger partial charge is 0.398 e. The van der Waals surface area contributed by atoms with Gasteiger partial charge in [0.2, 0.25) is 0 Å². The standard InChI is InChI=1S/C11H18N2O2S/c1-2-16(14,15)8-4-3-5-10-9-13-7-6-11(10)12/h6-7,9H,2-5,8H2,1H3,(H2,12,13). The Kier molecular flexibility index (Phi) is 4.73. The monoisotopic (exact) mass is 242 g/mol. The van der Waals surface area contributed by atoms with Crippen LogP contribution in [-0.4, -0.2) is 24.9 Å². The molecule has 0 atom stereocenters. The molecule has 0 unspecified atom stereocenters. The predicted octanol–water partition coefficient (Wildman–Crippen LogP) is 1.42. The van der Waals surface area contributed by atoms with Gasteiger partial charge in [-0.15, -0.1) is 0 Å². The molecule has 5 heteroatoms. The summed E-state index contributed by atoms with van der Waals surface area (Å²) in [6.07, 6.45) is 5.70. The first-order valence-corrected chi connectivity index (χ1v) is 7.26. The van der Waals surface area contributed by atoms with Crippen LogP contribution in [0.4, 0.5) is 5.69 Å². The summed E-state index contributed by atoms with van der Waals surface area (Å²) in [7, 11) is -2.83. The van der Waals surface area contributed by atoms with Crippen LogP contribution in [0, 0.1) is 0 Å². The number of hydrogen-bond acceptors (Lipinski definition) is 4. The maximum Gasteiger partial charge on any atom is 0.150 e. The van der Waals surface area contributed by atoms with E-state index in [1.54, 1.807) is 25.4 Å². The van der Waals surface area contributed by atoms with Crippen LogP contribution >= 0.6 is 0 Å². The van der Waals surface area contributed by atoms with E-state index in [0.29, 0.717) is 6.42 Å². The van der Waals surface area contributed by atoms with Gasteiger partial charge in [0.05, 0.1) is 5.75 Å². The number of unbranched alkanes of at least 4 members (excludes halogenated alkanes) is 1. The van der Waals surface area contributed by atoms with Crippen LogP contribution in [0.25, 0.3) is 0 Å². The van der Waals surface area contributed by atoms with Crippen molar-refractivity contribution in [3.05, 3.63) is 24.0 Å². The second-order valence-corrected chi connectivity index (χ2v) is 6.24. The Morgan fingerprint density at radius 3 is 2.75 bits per heavy atom. The van der Waals surface area contributed by atoms with Gasteiger partial charge in [-0.1, -0.05) is 6.92 Å². The van der Waals surface area contributed by atoms with Crippen molar-refractivity contribution in [3.8, 4) is 0 Å². The third-order valence-electron chi connectivity index (χ3n) is 2.53. The molecule has 0 spiro atoms. The first kappa shape index (κ1) is 13.0. The van der Waals surface area contributed by atoms with Gasteiger partial charge in [0.15, 0.2) is 0 Å². The van der Waals surface area contributed by atoms with Gasteiger partial charge in [0.1, 0.15) is 9.84 Å². The number of sulfone groups is 1. The van der Waals surface area contributed by atoms with Crippen molar-refractivity contribution in [2.75, 3.05) is 17.2 Å². The molecule has 0 bridgehead atoms. The highest BCUT2D eigenvalue weighted by molar-refractivity contribution is 7.91. The average Bonchev–Trinajstić information content (AvgIpc) is 2.27. The molecule has 0 aromatic carbocycles. The SMILES string of the molecule is CCS(=O)(=O)CCCCc1cnccc1N. The molecule has 1 aromatic rings. The lowest BCUT2D eigenvalue weighted by atomic mass is 10.1. The summed E-state index contributed by atoms with van der Waals surface area (Å²) in [4.78, 5) is 3.99. The van der Waals surface area contributed by atoms with Crippen molar-refractivity contribution in [2.24, 2.45) is 0 Å². The molecule has 1 aromatic heterocycles. The Bertz CT molecular complexity index is 429. The number of nitrogens with zero attached hydrogens (tertiary/aromatic N) is 1. The number of aromatic nitrogens is 1. The summed E-state index contributed by atoms with van der Waals surface area (Å²) >= 11 is 0. The molecule has 16 heavy (non-hydrogen) atoms. The number of aryl methyl sites for hydroxylation is 1. The van der Waals surface area contributed by atoms with Gasteiger partial charge in [0.25, 0.3) is 0 Å². The number of rotatable bonds is 6. The Balaban J connectivity index is 2.35. The van der Waals surface area contributed by atoms with E-state index in [1.807, 2.05) is 0 Å². The molecule has 1 heterocycles. The second-order valence-electron chi connectivity index (χ2n) is 3.77. The Labute approximate surface area is 96.8 Å². The molecule has 0 saturated carbocycles. The van der Waals surface area contributed by atoms with Crippen LogP contribution < -0.4 is 5.73 Å². The summed E-state index contributed by atoms with van der Waals surface area (Å²) in [5.74, 6) is 0.492. The number of nitrogens with two attached hydrogens (primary N) is 1. The molecule has 0 radical (unpaired) electrons. The number of pyridine rings is 1. The highest BCUT2D eigenvalue weighted by Crippen LogP contribution is 2.12. The maximum atomic E-state index is 11.2. The molecule has 2 N–H and O–H groups in total. The van der Waals surface area contributed by atoms with Gasteiger partial charge >= 0.3 is 0 Å². The lowest BCUT2D eigenvalue weighted by Gasteiger charge is -2.04. The molecule has 0 aliphatic carbocycles. The van der Waals surface area contributed by atoms with E-state index in [-0.39, 0.29) is 11.5 Å². The van der Waals surface area contributed by atoms with Crippen LogP contribution in [0.2, 0.25) is 0 Å². The van der Waals surface area contributed by atoms with Crippen LogP contribution in [0.15, 0.2) is 18.5 Å². The van der Waals surface area contributed by atoms with Crippen molar-refractivity contribution in [1.82, 2.24) is 4.98 Å². The fourth-order valence-electron chi connectivity index (χ4n) is 1.43. The van der Waals surface area contributed by atoms with Gasteiger partial charge in [-0.25, -0.2) is 8.42 Å². The third-order valence-corrected chi connectivity index (χ3v) is 4.32. The predicted molar refractivity (Wildman–Crippen MR) is 65.9 cm³/mol. The van der Waals surface area contributed by atoms with Crippen molar-refractivity contribution >= 4 is 15.5 Å². The van der Waals surface area contributed by atoms with Crippen molar-refractivity contribution in [3.63, 3.8) is 0 Å². The molecule has 1 rings (SSSR count). The van der Waals surface area contributed by atoms with E-state index >= 15 is 0 Å². The molecular formula is C11H18N2O2S. The molecule has 0 aliphatic rings. The highest BCUT2D eigenvalue weighted by Gasteiger charge is 2.06. The smallest absolute Gasteiger partial charge is 0.150 e. The van der Waals surface area contributed by atoms with E-state index in [9.17, 15) is 8.42 Å². The second kappa shape index (κ2) is 5.84.